The third kappa shape index (κ3) is 1.98. The number of carboxylic acids is 1. The number of fused-ring (bicyclic) bond motifs is 1. The Balaban J connectivity index is 1.85. The van der Waals surface area contributed by atoms with Crippen molar-refractivity contribution in [2.24, 2.45) is 17.8 Å². The van der Waals surface area contributed by atoms with Gasteiger partial charge in [-0.3, -0.25) is 9.59 Å². The number of rotatable bonds is 3. The second-order valence-corrected chi connectivity index (χ2v) is 4.71. The summed E-state index contributed by atoms with van der Waals surface area (Å²) < 4.78 is 0. The zero-order valence-electron chi connectivity index (χ0n) is 8.90. The molecule has 0 saturated heterocycles. The van der Waals surface area contributed by atoms with Crippen LogP contribution in [0.5, 0.6) is 0 Å². The molecule has 4 heteroatoms. The average molecular weight is 211 g/mol. The largest absolute Gasteiger partial charge is 0.480 e. The molecular weight excluding hydrogens is 194 g/mol. The molecule has 2 fully saturated rings. The van der Waals surface area contributed by atoms with Crippen molar-refractivity contribution in [3.63, 3.8) is 0 Å². The summed E-state index contributed by atoms with van der Waals surface area (Å²) in [5.74, 6) is 0.169. The average Bonchev–Trinajstić information content (AvgIpc) is 2.91. The van der Waals surface area contributed by atoms with Crippen LogP contribution in [0.15, 0.2) is 0 Å². The highest BCUT2D eigenvalue weighted by Crippen LogP contribution is 2.55. The van der Waals surface area contributed by atoms with Crippen LogP contribution >= 0.6 is 0 Å². The lowest BCUT2D eigenvalue weighted by Gasteiger charge is -2.08. The number of nitrogens with one attached hydrogen (secondary N) is 1. The summed E-state index contributed by atoms with van der Waals surface area (Å²) in [7, 11) is 0. The maximum atomic E-state index is 11.7. The molecule has 0 aromatic heterocycles. The highest BCUT2D eigenvalue weighted by molar-refractivity contribution is 5.86. The van der Waals surface area contributed by atoms with Crippen molar-refractivity contribution in [1.29, 1.82) is 0 Å². The van der Waals surface area contributed by atoms with Crippen molar-refractivity contribution in [2.75, 3.05) is 0 Å². The molecule has 1 amide bonds. The molecule has 0 radical (unpaired) electrons. The van der Waals surface area contributed by atoms with Gasteiger partial charge in [-0.15, -0.1) is 0 Å². The molecule has 0 aromatic carbocycles. The topological polar surface area (TPSA) is 66.4 Å². The molecule has 2 saturated carbocycles. The van der Waals surface area contributed by atoms with Crippen molar-refractivity contribution in [2.45, 2.75) is 38.6 Å². The molecule has 4 nitrogen and oxygen atoms in total. The van der Waals surface area contributed by atoms with E-state index in [0.29, 0.717) is 11.8 Å². The minimum atomic E-state index is -0.966. The summed E-state index contributed by atoms with van der Waals surface area (Å²) in [6, 6.07) is -0.764. The molecule has 0 bridgehead atoms. The SMILES string of the molecule is C[C@@H](NC(=O)C1C2CCCCC21)C(=O)O. The van der Waals surface area contributed by atoms with Gasteiger partial charge in [-0.1, -0.05) is 12.8 Å². The number of carbonyl (C=O) groups excluding carboxylic acids is 1. The molecular formula is C11H17NO3. The molecule has 2 rings (SSSR count). The zero-order chi connectivity index (χ0) is 11.0. The highest BCUT2D eigenvalue weighted by Gasteiger charge is 2.54. The molecule has 0 spiro atoms. The lowest BCUT2D eigenvalue weighted by atomic mass is 10.0. The van der Waals surface area contributed by atoms with E-state index in [-0.39, 0.29) is 11.8 Å². The predicted octanol–water partition coefficient (Wildman–Crippen LogP) is 1.01. The van der Waals surface area contributed by atoms with Gasteiger partial charge in [-0.25, -0.2) is 0 Å². The van der Waals surface area contributed by atoms with Crippen molar-refractivity contribution in [3.8, 4) is 0 Å². The Hall–Kier alpha value is -1.06. The Morgan fingerprint density at radius 1 is 1.27 bits per heavy atom. The monoisotopic (exact) mass is 211 g/mol. The summed E-state index contributed by atoms with van der Waals surface area (Å²) >= 11 is 0. The molecule has 2 N–H and O–H groups in total. The zero-order valence-corrected chi connectivity index (χ0v) is 8.90. The number of hydrogen-bond acceptors (Lipinski definition) is 2. The second-order valence-electron chi connectivity index (χ2n) is 4.71. The standard InChI is InChI=1S/C11H17NO3/c1-6(11(14)15)12-10(13)9-7-4-2-3-5-8(7)9/h6-9H,2-5H2,1H3,(H,12,13)(H,14,15)/t6-,7?,8?,9?/m1/s1. The minimum Gasteiger partial charge on any atom is -0.480 e. The highest BCUT2D eigenvalue weighted by atomic mass is 16.4. The van der Waals surface area contributed by atoms with E-state index < -0.39 is 12.0 Å². The Morgan fingerprint density at radius 3 is 2.27 bits per heavy atom. The summed E-state index contributed by atoms with van der Waals surface area (Å²) in [6.07, 6.45) is 4.73. The minimum absolute atomic E-state index is 0.0539. The molecule has 2 aliphatic rings. The van der Waals surface area contributed by atoms with Gasteiger partial charge in [-0.05, 0) is 31.6 Å². The Labute approximate surface area is 89.0 Å². The van der Waals surface area contributed by atoms with Crippen LogP contribution in [0.2, 0.25) is 0 Å². The van der Waals surface area contributed by atoms with E-state index in [2.05, 4.69) is 5.32 Å². The van der Waals surface area contributed by atoms with Crippen LogP contribution in [0.25, 0.3) is 0 Å². The van der Waals surface area contributed by atoms with E-state index in [0.717, 1.165) is 12.8 Å². The number of carbonyl (C=O) groups is 2. The third-order valence-electron chi connectivity index (χ3n) is 3.69. The fourth-order valence-electron chi connectivity index (χ4n) is 2.75. The van der Waals surface area contributed by atoms with Gasteiger partial charge in [0.1, 0.15) is 6.04 Å². The summed E-state index contributed by atoms with van der Waals surface area (Å²) in [5, 5.41) is 11.2. The quantitative estimate of drug-likeness (QED) is 0.732. The fourth-order valence-corrected chi connectivity index (χ4v) is 2.75. The van der Waals surface area contributed by atoms with Crippen molar-refractivity contribution in [1.82, 2.24) is 5.32 Å². The predicted molar refractivity (Wildman–Crippen MR) is 54.2 cm³/mol. The van der Waals surface area contributed by atoms with Gasteiger partial charge in [0.05, 0.1) is 0 Å². The molecule has 0 aromatic rings. The van der Waals surface area contributed by atoms with E-state index in [1.165, 1.54) is 19.8 Å². The van der Waals surface area contributed by atoms with Crippen LogP contribution in [0, 0.1) is 17.8 Å². The first-order valence-electron chi connectivity index (χ1n) is 5.64. The van der Waals surface area contributed by atoms with E-state index in [4.69, 9.17) is 5.11 Å². The first kappa shape index (κ1) is 10.5. The number of hydrogen-bond donors (Lipinski definition) is 2. The van der Waals surface area contributed by atoms with Gasteiger partial charge >= 0.3 is 5.97 Å². The maximum absolute atomic E-state index is 11.7. The van der Waals surface area contributed by atoms with Crippen LogP contribution in [0.3, 0.4) is 0 Å². The van der Waals surface area contributed by atoms with Gasteiger partial charge in [0.2, 0.25) is 5.91 Å². The Kier molecular flexibility index (Phi) is 2.67. The lowest BCUT2D eigenvalue weighted by Crippen LogP contribution is -2.39. The first-order chi connectivity index (χ1) is 7.11. The van der Waals surface area contributed by atoms with Gasteiger partial charge in [-0.2, -0.15) is 0 Å². The number of carboxylic acid groups (broad SMARTS) is 1. The van der Waals surface area contributed by atoms with E-state index in [1.807, 2.05) is 0 Å². The summed E-state index contributed by atoms with van der Waals surface area (Å²) in [4.78, 5) is 22.3. The van der Waals surface area contributed by atoms with Crippen LogP contribution in [0.4, 0.5) is 0 Å². The second kappa shape index (κ2) is 3.83. The number of amides is 1. The maximum Gasteiger partial charge on any atom is 0.325 e. The van der Waals surface area contributed by atoms with Crippen LogP contribution in [-0.2, 0) is 9.59 Å². The Morgan fingerprint density at radius 2 is 1.80 bits per heavy atom. The molecule has 2 aliphatic carbocycles. The van der Waals surface area contributed by atoms with E-state index in [9.17, 15) is 9.59 Å². The fraction of sp³-hybridized carbons (Fsp3) is 0.818. The molecule has 15 heavy (non-hydrogen) atoms. The molecule has 3 atom stereocenters. The van der Waals surface area contributed by atoms with E-state index in [1.54, 1.807) is 0 Å². The van der Waals surface area contributed by atoms with Gasteiger partial charge < -0.3 is 10.4 Å². The molecule has 0 aliphatic heterocycles. The van der Waals surface area contributed by atoms with Crippen molar-refractivity contribution >= 4 is 11.9 Å². The lowest BCUT2D eigenvalue weighted by molar-refractivity contribution is -0.141. The molecule has 2 unspecified atom stereocenters. The summed E-state index contributed by atoms with van der Waals surface area (Å²) in [6.45, 7) is 1.51. The van der Waals surface area contributed by atoms with Crippen LogP contribution in [0.1, 0.15) is 32.6 Å². The van der Waals surface area contributed by atoms with Crippen LogP contribution < -0.4 is 5.32 Å². The van der Waals surface area contributed by atoms with Crippen molar-refractivity contribution in [3.05, 3.63) is 0 Å². The number of aliphatic carboxylic acids is 1. The molecule has 0 heterocycles. The Bertz CT molecular complexity index is 278. The van der Waals surface area contributed by atoms with Gasteiger partial charge in [0.25, 0.3) is 0 Å². The van der Waals surface area contributed by atoms with Gasteiger partial charge in [0, 0.05) is 5.92 Å². The van der Waals surface area contributed by atoms with Crippen LogP contribution in [-0.4, -0.2) is 23.0 Å². The first-order valence-corrected chi connectivity index (χ1v) is 5.64. The van der Waals surface area contributed by atoms with Crippen molar-refractivity contribution < 1.29 is 14.7 Å². The van der Waals surface area contributed by atoms with E-state index >= 15 is 0 Å². The summed E-state index contributed by atoms with van der Waals surface area (Å²) in [5.41, 5.74) is 0. The third-order valence-corrected chi connectivity index (χ3v) is 3.69. The normalized spacial score (nSPS) is 35.1. The smallest absolute Gasteiger partial charge is 0.325 e. The molecule has 84 valence electrons. The van der Waals surface area contributed by atoms with Gasteiger partial charge in [0.15, 0.2) is 0 Å².